The molecule has 0 spiro atoms. The normalized spacial score (nSPS) is 16.1. The second kappa shape index (κ2) is 9.78. The zero-order valence-corrected chi connectivity index (χ0v) is 18.3. The number of rotatable bonds is 7. The van der Waals surface area contributed by atoms with Crippen molar-refractivity contribution in [2.24, 2.45) is 12.0 Å². The zero-order chi connectivity index (χ0) is 20.8. The molecule has 1 unspecified atom stereocenters. The van der Waals surface area contributed by atoms with Crippen LogP contribution in [0.3, 0.4) is 0 Å². The Labute approximate surface area is 174 Å². The van der Waals surface area contributed by atoms with Gasteiger partial charge in [0.2, 0.25) is 0 Å². The molecule has 0 aliphatic carbocycles. The van der Waals surface area contributed by atoms with Crippen LogP contribution in [0, 0.1) is 13.8 Å². The van der Waals surface area contributed by atoms with Crippen LogP contribution in [0.4, 0.5) is 0 Å². The number of benzene rings is 1. The van der Waals surface area contributed by atoms with Crippen LogP contribution in [0.2, 0.25) is 0 Å². The second-order valence-electron chi connectivity index (χ2n) is 7.61. The molecule has 0 bridgehead atoms. The highest BCUT2D eigenvalue weighted by atomic mass is 16.5. The predicted octanol–water partition coefficient (Wildman–Crippen LogP) is 2.55. The number of hydrogen-bond donors (Lipinski definition) is 2. The molecule has 0 radical (unpaired) electrons. The molecule has 2 heterocycles. The van der Waals surface area contributed by atoms with Crippen LogP contribution in [-0.4, -0.2) is 54.4 Å². The van der Waals surface area contributed by atoms with Gasteiger partial charge < -0.3 is 15.4 Å². The SMILES string of the molecule is CN=C(NCc1c(C)nn(C)c1C)NCC(c1ccc(OC)cc1)N1CCCC1. The van der Waals surface area contributed by atoms with Gasteiger partial charge in [-0.05, 0) is 57.5 Å². The minimum Gasteiger partial charge on any atom is -0.497 e. The highest BCUT2D eigenvalue weighted by molar-refractivity contribution is 5.79. The van der Waals surface area contributed by atoms with Gasteiger partial charge in [-0.1, -0.05) is 12.1 Å². The molecule has 3 rings (SSSR count). The predicted molar refractivity (Wildman–Crippen MR) is 117 cm³/mol. The highest BCUT2D eigenvalue weighted by Crippen LogP contribution is 2.26. The Morgan fingerprint density at radius 1 is 1.17 bits per heavy atom. The molecule has 1 fully saturated rings. The monoisotopic (exact) mass is 398 g/mol. The van der Waals surface area contributed by atoms with Gasteiger partial charge in [-0.25, -0.2) is 0 Å². The molecule has 0 amide bonds. The maximum absolute atomic E-state index is 5.32. The van der Waals surface area contributed by atoms with Crippen LogP contribution < -0.4 is 15.4 Å². The molecule has 29 heavy (non-hydrogen) atoms. The number of hydrogen-bond acceptors (Lipinski definition) is 4. The van der Waals surface area contributed by atoms with Crippen LogP contribution >= 0.6 is 0 Å². The van der Waals surface area contributed by atoms with Crippen molar-refractivity contribution in [3.8, 4) is 5.75 Å². The maximum atomic E-state index is 5.32. The third-order valence-corrected chi connectivity index (χ3v) is 5.86. The molecule has 1 aromatic heterocycles. The quantitative estimate of drug-likeness (QED) is 0.554. The van der Waals surface area contributed by atoms with E-state index in [2.05, 4.69) is 44.7 Å². The van der Waals surface area contributed by atoms with Crippen LogP contribution in [0.15, 0.2) is 29.3 Å². The van der Waals surface area contributed by atoms with Crippen LogP contribution in [0.1, 0.15) is 41.4 Å². The van der Waals surface area contributed by atoms with Crippen molar-refractivity contribution in [2.75, 3.05) is 33.8 Å². The zero-order valence-electron chi connectivity index (χ0n) is 18.3. The summed E-state index contributed by atoms with van der Waals surface area (Å²) >= 11 is 0. The van der Waals surface area contributed by atoms with Crippen molar-refractivity contribution in [1.82, 2.24) is 25.3 Å². The second-order valence-corrected chi connectivity index (χ2v) is 7.61. The highest BCUT2D eigenvalue weighted by Gasteiger charge is 2.23. The lowest BCUT2D eigenvalue weighted by atomic mass is 10.1. The fraction of sp³-hybridized carbons (Fsp3) is 0.545. The van der Waals surface area contributed by atoms with Crippen LogP contribution in [0.5, 0.6) is 5.75 Å². The number of aromatic nitrogens is 2. The van der Waals surface area contributed by atoms with E-state index in [1.165, 1.54) is 29.7 Å². The fourth-order valence-electron chi connectivity index (χ4n) is 4.00. The van der Waals surface area contributed by atoms with Gasteiger partial charge in [0.25, 0.3) is 0 Å². The molecule has 1 aliphatic rings. The van der Waals surface area contributed by atoms with Crippen LogP contribution in [-0.2, 0) is 13.6 Å². The number of aliphatic imine (C=N–C) groups is 1. The lowest BCUT2D eigenvalue weighted by molar-refractivity contribution is 0.245. The van der Waals surface area contributed by atoms with E-state index in [1.54, 1.807) is 7.11 Å². The first-order chi connectivity index (χ1) is 14.0. The minimum atomic E-state index is 0.309. The third kappa shape index (κ3) is 5.09. The van der Waals surface area contributed by atoms with E-state index in [9.17, 15) is 0 Å². The topological polar surface area (TPSA) is 66.7 Å². The van der Waals surface area contributed by atoms with E-state index in [0.29, 0.717) is 12.6 Å². The summed E-state index contributed by atoms with van der Waals surface area (Å²) in [5.74, 6) is 1.70. The standard InChI is InChI=1S/C22H34N6O/c1-16-20(17(2)27(4)26-16)14-24-22(23-3)25-15-21(28-12-6-7-13-28)18-8-10-19(29-5)11-9-18/h8-11,21H,6-7,12-15H2,1-5H3,(H2,23,24,25). The van der Waals surface area contributed by atoms with Crippen molar-refractivity contribution in [3.05, 3.63) is 46.8 Å². The molecule has 1 saturated heterocycles. The number of guanidine groups is 1. The first-order valence-electron chi connectivity index (χ1n) is 10.3. The summed E-state index contributed by atoms with van der Waals surface area (Å²) in [6, 6.07) is 8.73. The van der Waals surface area contributed by atoms with E-state index < -0.39 is 0 Å². The molecule has 0 saturated carbocycles. The first kappa shape index (κ1) is 21.2. The van der Waals surface area contributed by atoms with Crippen molar-refractivity contribution < 1.29 is 4.74 Å². The number of nitrogens with one attached hydrogen (secondary N) is 2. The van der Waals surface area contributed by atoms with E-state index >= 15 is 0 Å². The van der Waals surface area contributed by atoms with Gasteiger partial charge in [0.1, 0.15) is 5.75 Å². The van der Waals surface area contributed by atoms with E-state index in [4.69, 9.17) is 4.74 Å². The lowest BCUT2D eigenvalue weighted by Gasteiger charge is -2.29. The molecule has 2 aromatic rings. The average Bonchev–Trinajstić information content (AvgIpc) is 3.34. The Bertz CT molecular complexity index is 821. The number of methoxy groups -OCH3 is 1. The Morgan fingerprint density at radius 2 is 1.86 bits per heavy atom. The molecule has 1 aliphatic heterocycles. The first-order valence-corrected chi connectivity index (χ1v) is 10.3. The third-order valence-electron chi connectivity index (χ3n) is 5.86. The van der Waals surface area contributed by atoms with E-state index in [1.807, 2.05) is 37.8 Å². The van der Waals surface area contributed by atoms with Gasteiger partial charge in [-0.2, -0.15) is 5.10 Å². The van der Waals surface area contributed by atoms with Crippen molar-refractivity contribution >= 4 is 5.96 Å². The molecule has 158 valence electrons. The summed E-state index contributed by atoms with van der Waals surface area (Å²) in [5.41, 5.74) is 4.76. The van der Waals surface area contributed by atoms with Crippen molar-refractivity contribution in [1.29, 1.82) is 0 Å². The van der Waals surface area contributed by atoms with E-state index in [-0.39, 0.29) is 0 Å². The summed E-state index contributed by atoms with van der Waals surface area (Å²) in [6.45, 7) is 7.93. The molecule has 7 nitrogen and oxygen atoms in total. The number of nitrogens with zero attached hydrogens (tertiary/aromatic N) is 4. The summed E-state index contributed by atoms with van der Waals surface area (Å²) in [5, 5.41) is 11.5. The fourth-order valence-corrected chi connectivity index (χ4v) is 4.00. The van der Waals surface area contributed by atoms with E-state index in [0.717, 1.165) is 37.0 Å². The molecular weight excluding hydrogens is 364 g/mol. The minimum absolute atomic E-state index is 0.309. The maximum Gasteiger partial charge on any atom is 0.191 e. The lowest BCUT2D eigenvalue weighted by Crippen LogP contribution is -2.42. The summed E-state index contributed by atoms with van der Waals surface area (Å²) in [7, 11) is 5.50. The summed E-state index contributed by atoms with van der Waals surface area (Å²) in [6.07, 6.45) is 2.53. The smallest absolute Gasteiger partial charge is 0.191 e. The molecule has 2 N–H and O–H groups in total. The molecular formula is C22H34N6O. The van der Waals surface area contributed by atoms with Crippen LogP contribution in [0.25, 0.3) is 0 Å². The molecule has 7 heteroatoms. The summed E-state index contributed by atoms with van der Waals surface area (Å²) in [4.78, 5) is 6.97. The Kier molecular flexibility index (Phi) is 7.14. The Morgan fingerprint density at radius 3 is 2.41 bits per heavy atom. The van der Waals surface area contributed by atoms with Crippen molar-refractivity contribution in [2.45, 2.75) is 39.3 Å². The molecule has 1 atom stereocenters. The molecule has 1 aromatic carbocycles. The van der Waals surface area contributed by atoms with Gasteiger partial charge in [-0.3, -0.25) is 14.6 Å². The number of aryl methyl sites for hydroxylation is 2. The number of likely N-dealkylation sites (tertiary alicyclic amines) is 1. The number of ether oxygens (including phenoxy) is 1. The van der Waals surface area contributed by atoms with Gasteiger partial charge in [0, 0.05) is 38.4 Å². The Hall–Kier alpha value is -2.54. The largest absolute Gasteiger partial charge is 0.497 e. The van der Waals surface area contributed by atoms with Gasteiger partial charge in [-0.15, -0.1) is 0 Å². The van der Waals surface area contributed by atoms with Gasteiger partial charge >= 0.3 is 0 Å². The van der Waals surface area contributed by atoms with Crippen molar-refractivity contribution in [3.63, 3.8) is 0 Å². The summed E-state index contributed by atoms with van der Waals surface area (Å²) < 4.78 is 7.25. The van der Waals surface area contributed by atoms with Gasteiger partial charge in [0.15, 0.2) is 5.96 Å². The Balaban J connectivity index is 1.65. The van der Waals surface area contributed by atoms with Gasteiger partial charge in [0.05, 0.1) is 18.8 Å². The average molecular weight is 399 g/mol.